The zero-order chi connectivity index (χ0) is 16.4. The van der Waals surface area contributed by atoms with E-state index in [1.807, 2.05) is 0 Å². The molecule has 0 amide bonds. The van der Waals surface area contributed by atoms with Gasteiger partial charge in [0.1, 0.15) is 11.3 Å². The number of hydrogen-bond acceptors (Lipinski definition) is 4. The highest BCUT2D eigenvalue weighted by Gasteiger charge is 2.28. The average molecular weight is 342 g/mol. The normalized spacial score (nSPS) is 10.3. The number of hydrogen-bond donors (Lipinski definition) is 1. The van der Waals surface area contributed by atoms with Crippen molar-refractivity contribution in [2.45, 2.75) is 6.92 Å². The first-order valence-electron chi connectivity index (χ1n) is 5.95. The molecule has 0 saturated heterocycles. The van der Waals surface area contributed by atoms with E-state index in [-0.39, 0.29) is 16.5 Å². The summed E-state index contributed by atoms with van der Waals surface area (Å²) in [5, 5.41) is 20.9. The van der Waals surface area contributed by atoms with E-state index in [9.17, 15) is 14.9 Å². The molecule has 2 aromatic carbocycles. The summed E-state index contributed by atoms with van der Waals surface area (Å²) in [4.78, 5) is 21.6. The third-order valence-electron chi connectivity index (χ3n) is 2.85. The Morgan fingerprint density at radius 3 is 2.50 bits per heavy atom. The molecule has 114 valence electrons. The van der Waals surface area contributed by atoms with Gasteiger partial charge in [0.05, 0.1) is 9.95 Å². The summed E-state index contributed by atoms with van der Waals surface area (Å²) in [5.41, 5.74) is -0.683. The Balaban J connectivity index is 2.61. The largest absolute Gasteiger partial charge is 0.477 e. The van der Waals surface area contributed by atoms with Crippen LogP contribution < -0.4 is 4.74 Å². The first kappa shape index (κ1) is 16.1. The minimum Gasteiger partial charge on any atom is -0.477 e. The molecule has 0 heterocycles. The van der Waals surface area contributed by atoms with Crippen LogP contribution in [-0.4, -0.2) is 16.0 Å². The first-order valence-corrected chi connectivity index (χ1v) is 6.71. The van der Waals surface area contributed by atoms with Gasteiger partial charge in [-0.25, -0.2) is 4.79 Å². The third kappa shape index (κ3) is 3.13. The summed E-state index contributed by atoms with van der Waals surface area (Å²) >= 11 is 11.7. The average Bonchev–Trinajstić information content (AvgIpc) is 2.42. The standard InChI is InChI=1S/C14H9Cl2NO5/c1-7-2-4-9(14(18)19)12(17(20)21)13(7)22-11-5-3-8(15)6-10(11)16/h2-6H,1H3,(H,18,19). The maximum atomic E-state index is 11.2. The molecule has 22 heavy (non-hydrogen) atoms. The maximum Gasteiger partial charge on any atom is 0.342 e. The van der Waals surface area contributed by atoms with Crippen molar-refractivity contribution in [2.24, 2.45) is 0 Å². The van der Waals surface area contributed by atoms with Crippen LogP contribution in [0.25, 0.3) is 0 Å². The quantitative estimate of drug-likeness (QED) is 0.642. The fourth-order valence-electron chi connectivity index (χ4n) is 1.82. The van der Waals surface area contributed by atoms with Crippen LogP contribution in [0.15, 0.2) is 30.3 Å². The molecule has 0 saturated carbocycles. The number of carboxylic acid groups (broad SMARTS) is 1. The lowest BCUT2D eigenvalue weighted by atomic mass is 10.1. The van der Waals surface area contributed by atoms with Gasteiger partial charge in [-0.05, 0) is 36.8 Å². The van der Waals surface area contributed by atoms with Crippen LogP contribution in [0.4, 0.5) is 5.69 Å². The second-order valence-electron chi connectivity index (χ2n) is 4.35. The number of nitro groups is 1. The van der Waals surface area contributed by atoms with Gasteiger partial charge in [0.25, 0.3) is 0 Å². The van der Waals surface area contributed by atoms with Crippen molar-refractivity contribution < 1.29 is 19.6 Å². The molecule has 6 nitrogen and oxygen atoms in total. The monoisotopic (exact) mass is 341 g/mol. The lowest BCUT2D eigenvalue weighted by molar-refractivity contribution is -0.386. The van der Waals surface area contributed by atoms with E-state index in [0.29, 0.717) is 10.6 Å². The molecule has 0 atom stereocenters. The fraction of sp³-hybridized carbons (Fsp3) is 0.0714. The van der Waals surface area contributed by atoms with Gasteiger partial charge in [0.2, 0.25) is 5.75 Å². The lowest BCUT2D eigenvalue weighted by Crippen LogP contribution is -2.05. The smallest absolute Gasteiger partial charge is 0.342 e. The van der Waals surface area contributed by atoms with Crippen LogP contribution in [0.1, 0.15) is 15.9 Å². The third-order valence-corrected chi connectivity index (χ3v) is 3.38. The second kappa shape index (κ2) is 6.21. The Kier molecular flexibility index (Phi) is 4.54. The van der Waals surface area contributed by atoms with Crippen LogP contribution in [0.5, 0.6) is 11.5 Å². The van der Waals surface area contributed by atoms with Crippen molar-refractivity contribution in [1.82, 2.24) is 0 Å². The Morgan fingerprint density at radius 2 is 1.95 bits per heavy atom. The highest BCUT2D eigenvalue weighted by molar-refractivity contribution is 6.35. The molecular formula is C14H9Cl2NO5. The number of ether oxygens (including phenoxy) is 1. The summed E-state index contributed by atoms with van der Waals surface area (Å²) < 4.78 is 5.48. The molecule has 1 N–H and O–H groups in total. The first-order chi connectivity index (χ1) is 10.3. The zero-order valence-electron chi connectivity index (χ0n) is 11.2. The van der Waals surface area contributed by atoms with E-state index < -0.39 is 22.1 Å². The van der Waals surface area contributed by atoms with Crippen LogP contribution in [0.3, 0.4) is 0 Å². The lowest BCUT2D eigenvalue weighted by Gasteiger charge is -2.12. The maximum absolute atomic E-state index is 11.2. The molecular weight excluding hydrogens is 333 g/mol. The number of rotatable bonds is 4. The molecule has 0 spiro atoms. The highest BCUT2D eigenvalue weighted by Crippen LogP contribution is 2.40. The van der Waals surface area contributed by atoms with Gasteiger partial charge in [-0.15, -0.1) is 0 Å². The molecule has 2 rings (SSSR count). The van der Waals surface area contributed by atoms with E-state index in [1.54, 1.807) is 6.92 Å². The van der Waals surface area contributed by atoms with Crippen molar-refractivity contribution in [3.05, 3.63) is 61.6 Å². The molecule has 0 aromatic heterocycles. The number of benzene rings is 2. The number of aromatic carboxylic acids is 1. The van der Waals surface area contributed by atoms with Gasteiger partial charge in [0.15, 0.2) is 0 Å². The van der Waals surface area contributed by atoms with E-state index >= 15 is 0 Å². The predicted molar refractivity (Wildman–Crippen MR) is 81.3 cm³/mol. The summed E-state index contributed by atoms with van der Waals surface area (Å²) in [6, 6.07) is 6.95. The van der Waals surface area contributed by atoms with Gasteiger partial charge in [-0.1, -0.05) is 29.3 Å². The SMILES string of the molecule is Cc1ccc(C(=O)O)c([N+](=O)[O-])c1Oc1ccc(Cl)cc1Cl. The van der Waals surface area contributed by atoms with Crippen molar-refractivity contribution in [3.63, 3.8) is 0 Å². The van der Waals surface area contributed by atoms with E-state index in [0.717, 1.165) is 6.07 Å². The number of nitro benzene ring substituents is 1. The Labute approximate surface area is 135 Å². The summed E-state index contributed by atoms with van der Waals surface area (Å²) in [6.07, 6.45) is 0. The summed E-state index contributed by atoms with van der Waals surface area (Å²) in [6.45, 7) is 1.57. The molecule has 0 radical (unpaired) electrons. The van der Waals surface area contributed by atoms with E-state index in [2.05, 4.69) is 0 Å². The van der Waals surface area contributed by atoms with E-state index in [1.165, 1.54) is 24.3 Å². The zero-order valence-corrected chi connectivity index (χ0v) is 12.7. The van der Waals surface area contributed by atoms with Crippen LogP contribution in [-0.2, 0) is 0 Å². The fourth-order valence-corrected chi connectivity index (χ4v) is 2.27. The number of carboxylic acids is 1. The number of carbonyl (C=O) groups is 1. The van der Waals surface area contributed by atoms with Crippen molar-refractivity contribution in [1.29, 1.82) is 0 Å². The molecule has 0 bridgehead atoms. The highest BCUT2D eigenvalue weighted by atomic mass is 35.5. The Bertz CT molecular complexity index is 776. The molecule has 0 aliphatic carbocycles. The summed E-state index contributed by atoms with van der Waals surface area (Å²) in [5.74, 6) is -1.45. The minimum atomic E-state index is -1.42. The van der Waals surface area contributed by atoms with Crippen LogP contribution in [0, 0.1) is 17.0 Å². The van der Waals surface area contributed by atoms with Crippen molar-refractivity contribution in [2.75, 3.05) is 0 Å². The number of halogens is 2. The van der Waals surface area contributed by atoms with Crippen LogP contribution in [0.2, 0.25) is 10.0 Å². The van der Waals surface area contributed by atoms with Crippen molar-refractivity contribution >= 4 is 34.9 Å². The molecule has 0 aliphatic heterocycles. The molecule has 0 aliphatic rings. The van der Waals surface area contributed by atoms with E-state index in [4.69, 9.17) is 33.0 Å². The topological polar surface area (TPSA) is 89.7 Å². The Hall–Kier alpha value is -2.31. The van der Waals surface area contributed by atoms with Gasteiger partial charge < -0.3 is 9.84 Å². The van der Waals surface area contributed by atoms with Crippen molar-refractivity contribution in [3.8, 4) is 11.5 Å². The second-order valence-corrected chi connectivity index (χ2v) is 5.19. The van der Waals surface area contributed by atoms with Gasteiger partial charge in [-0.2, -0.15) is 0 Å². The number of nitrogens with zero attached hydrogens (tertiary/aromatic N) is 1. The molecule has 0 unspecified atom stereocenters. The van der Waals surface area contributed by atoms with Gasteiger partial charge in [-0.3, -0.25) is 10.1 Å². The van der Waals surface area contributed by atoms with Gasteiger partial charge in [0, 0.05) is 5.02 Å². The Morgan fingerprint density at radius 1 is 1.27 bits per heavy atom. The minimum absolute atomic E-state index is 0.139. The predicted octanol–water partition coefficient (Wildman–Crippen LogP) is 4.70. The molecule has 0 fully saturated rings. The van der Waals surface area contributed by atoms with Crippen LogP contribution >= 0.6 is 23.2 Å². The molecule has 2 aromatic rings. The molecule has 8 heteroatoms. The summed E-state index contributed by atoms with van der Waals surface area (Å²) in [7, 11) is 0. The van der Waals surface area contributed by atoms with Gasteiger partial charge >= 0.3 is 11.7 Å². The number of aryl methyl sites for hydroxylation is 1.